The molecule has 0 atom stereocenters. The van der Waals surface area contributed by atoms with Gasteiger partial charge in [0.05, 0.1) is 16.4 Å². The van der Waals surface area contributed by atoms with Crippen LogP contribution in [0.25, 0.3) is 0 Å². The number of halogens is 1. The summed E-state index contributed by atoms with van der Waals surface area (Å²) in [6, 6.07) is 5.47. The van der Waals surface area contributed by atoms with E-state index in [-0.39, 0.29) is 12.5 Å². The molecular formula is C13H12ClN3O2. The molecule has 0 aliphatic carbocycles. The van der Waals surface area contributed by atoms with Gasteiger partial charge in [0.2, 0.25) is 0 Å². The Hall–Kier alpha value is -2.14. The first-order valence-corrected chi connectivity index (χ1v) is 6.22. The summed E-state index contributed by atoms with van der Waals surface area (Å²) in [6.45, 7) is 0.695. The van der Waals surface area contributed by atoms with E-state index >= 15 is 0 Å². The second-order valence-corrected chi connectivity index (χ2v) is 4.65. The summed E-state index contributed by atoms with van der Waals surface area (Å²) in [5.41, 5.74) is 2.51. The summed E-state index contributed by atoms with van der Waals surface area (Å²) in [7, 11) is 0. The van der Waals surface area contributed by atoms with Gasteiger partial charge < -0.3 is 20.4 Å². The first kappa shape index (κ1) is 11.9. The zero-order valence-electron chi connectivity index (χ0n) is 10.00. The maximum Gasteiger partial charge on any atom is 0.262 e. The van der Waals surface area contributed by atoms with Crippen molar-refractivity contribution in [1.29, 1.82) is 0 Å². The first-order valence-electron chi connectivity index (χ1n) is 5.84. The van der Waals surface area contributed by atoms with Gasteiger partial charge in [-0.15, -0.1) is 0 Å². The number of H-pyrrole nitrogens is 1. The van der Waals surface area contributed by atoms with Crippen molar-refractivity contribution < 1.29 is 9.53 Å². The Balaban J connectivity index is 1.80. The minimum Gasteiger partial charge on any atom is -0.482 e. The van der Waals surface area contributed by atoms with Crippen molar-refractivity contribution in [3.63, 3.8) is 0 Å². The van der Waals surface area contributed by atoms with Crippen LogP contribution < -0.4 is 15.4 Å². The number of ether oxygens (including phenoxy) is 1. The van der Waals surface area contributed by atoms with E-state index in [1.54, 1.807) is 12.1 Å². The minimum atomic E-state index is -0.170. The molecule has 0 fully saturated rings. The van der Waals surface area contributed by atoms with Crippen molar-refractivity contribution in [3.05, 3.63) is 41.2 Å². The summed E-state index contributed by atoms with van der Waals surface area (Å²) in [5, 5.41) is 6.49. The van der Waals surface area contributed by atoms with Crippen LogP contribution in [0, 0.1) is 0 Å². The lowest BCUT2D eigenvalue weighted by Gasteiger charge is -2.19. The van der Waals surface area contributed by atoms with Crippen molar-refractivity contribution in [2.75, 3.05) is 17.2 Å². The number of amides is 1. The van der Waals surface area contributed by atoms with Gasteiger partial charge in [0.1, 0.15) is 5.75 Å². The molecule has 98 valence electrons. The monoisotopic (exact) mass is 277 g/mol. The van der Waals surface area contributed by atoms with Gasteiger partial charge in [0.15, 0.2) is 6.61 Å². The van der Waals surface area contributed by atoms with Crippen LogP contribution in [0.2, 0.25) is 5.02 Å². The van der Waals surface area contributed by atoms with Gasteiger partial charge in [-0.05, 0) is 17.7 Å². The Bertz CT molecular complexity index is 611. The fourth-order valence-corrected chi connectivity index (χ4v) is 2.13. The van der Waals surface area contributed by atoms with Gasteiger partial charge in [0.25, 0.3) is 5.91 Å². The first-order chi connectivity index (χ1) is 9.22. The van der Waals surface area contributed by atoms with Crippen molar-refractivity contribution in [2.45, 2.75) is 6.54 Å². The van der Waals surface area contributed by atoms with Crippen LogP contribution in [0.4, 0.5) is 11.4 Å². The zero-order valence-corrected chi connectivity index (χ0v) is 10.8. The minimum absolute atomic E-state index is 0.0336. The topological polar surface area (TPSA) is 66.1 Å². The lowest BCUT2D eigenvalue weighted by Crippen LogP contribution is -2.25. The number of benzene rings is 1. The summed E-state index contributed by atoms with van der Waals surface area (Å²) in [5.74, 6) is 0.456. The number of aromatic nitrogens is 1. The van der Waals surface area contributed by atoms with Crippen LogP contribution in [0.5, 0.6) is 5.75 Å². The number of anilines is 2. The molecule has 2 heterocycles. The van der Waals surface area contributed by atoms with E-state index in [1.807, 2.05) is 18.5 Å². The molecule has 1 amide bonds. The van der Waals surface area contributed by atoms with E-state index in [0.717, 1.165) is 11.3 Å². The maximum absolute atomic E-state index is 11.2. The van der Waals surface area contributed by atoms with Crippen molar-refractivity contribution in [1.82, 2.24) is 4.98 Å². The molecular weight excluding hydrogens is 266 g/mol. The van der Waals surface area contributed by atoms with Crippen molar-refractivity contribution in [3.8, 4) is 5.75 Å². The van der Waals surface area contributed by atoms with Crippen LogP contribution in [0.1, 0.15) is 5.56 Å². The zero-order chi connectivity index (χ0) is 13.2. The van der Waals surface area contributed by atoms with E-state index < -0.39 is 0 Å². The molecule has 0 radical (unpaired) electrons. The Labute approximate surface area is 114 Å². The highest BCUT2D eigenvalue weighted by Gasteiger charge is 2.18. The van der Waals surface area contributed by atoms with E-state index in [4.69, 9.17) is 16.3 Å². The molecule has 2 aromatic rings. The third-order valence-corrected chi connectivity index (χ3v) is 3.16. The van der Waals surface area contributed by atoms with E-state index in [9.17, 15) is 4.79 Å². The lowest BCUT2D eigenvalue weighted by molar-refractivity contribution is -0.118. The second-order valence-electron chi connectivity index (χ2n) is 4.24. The lowest BCUT2D eigenvalue weighted by atomic mass is 10.2. The van der Waals surface area contributed by atoms with Gasteiger partial charge in [-0.25, -0.2) is 0 Å². The van der Waals surface area contributed by atoms with Gasteiger partial charge in [0, 0.05) is 25.0 Å². The average molecular weight is 278 g/mol. The summed E-state index contributed by atoms with van der Waals surface area (Å²) in [4.78, 5) is 14.2. The van der Waals surface area contributed by atoms with Gasteiger partial charge in [-0.2, -0.15) is 0 Å². The number of nitrogens with one attached hydrogen (secondary N) is 3. The molecule has 1 aliphatic heterocycles. The highest BCUT2D eigenvalue weighted by Crippen LogP contribution is 2.36. The smallest absolute Gasteiger partial charge is 0.262 e. The SMILES string of the molecule is O=C1COc2cc(NCc3cc[nH]c3)c(Cl)cc2N1. The van der Waals surface area contributed by atoms with Crippen LogP contribution in [-0.2, 0) is 11.3 Å². The summed E-state index contributed by atoms with van der Waals surface area (Å²) >= 11 is 6.17. The number of fused-ring (bicyclic) bond motifs is 1. The molecule has 5 nitrogen and oxygen atoms in total. The largest absolute Gasteiger partial charge is 0.482 e. The number of carbonyl (C=O) groups is 1. The number of aromatic amines is 1. The third kappa shape index (κ3) is 2.51. The normalized spacial score (nSPS) is 13.4. The summed E-state index contributed by atoms with van der Waals surface area (Å²) in [6.07, 6.45) is 3.78. The third-order valence-electron chi connectivity index (χ3n) is 2.85. The molecule has 19 heavy (non-hydrogen) atoms. The number of carbonyl (C=O) groups excluding carboxylic acids is 1. The van der Waals surface area contributed by atoms with Crippen LogP contribution >= 0.6 is 11.6 Å². The van der Waals surface area contributed by atoms with Crippen LogP contribution in [0.15, 0.2) is 30.6 Å². The molecule has 0 bridgehead atoms. The number of rotatable bonds is 3. The van der Waals surface area contributed by atoms with E-state index in [0.29, 0.717) is 23.0 Å². The Morgan fingerprint density at radius 3 is 3.11 bits per heavy atom. The van der Waals surface area contributed by atoms with Gasteiger partial charge in [-0.3, -0.25) is 4.79 Å². The van der Waals surface area contributed by atoms with Crippen LogP contribution in [-0.4, -0.2) is 17.5 Å². The average Bonchev–Trinajstić information content (AvgIpc) is 2.89. The fourth-order valence-electron chi connectivity index (χ4n) is 1.90. The molecule has 6 heteroatoms. The van der Waals surface area contributed by atoms with Gasteiger partial charge >= 0.3 is 0 Å². The second kappa shape index (κ2) is 4.85. The quantitative estimate of drug-likeness (QED) is 0.808. The van der Waals surface area contributed by atoms with Crippen molar-refractivity contribution in [2.24, 2.45) is 0 Å². The van der Waals surface area contributed by atoms with Gasteiger partial charge in [-0.1, -0.05) is 11.6 Å². The molecule has 1 aliphatic rings. The number of hydrogen-bond acceptors (Lipinski definition) is 3. The highest BCUT2D eigenvalue weighted by atomic mass is 35.5. The van der Waals surface area contributed by atoms with E-state index in [2.05, 4.69) is 15.6 Å². The Morgan fingerprint density at radius 1 is 1.42 bits per heavy atom. The predicted molar refractivity (Wildman–Crippen MR) is 73.7 cm³/mol. The molecule has 0 unspecified atom stereocenters. The Morgan fingerprint density at radius 2 is 2.32 bits per heavy atom. The standard InChI is InChI=1S/C13H12ClN3O2/c14-9-3-11-12(19-7-13(18)17-11)4-10(9)16-6-8-1-2-15-5-8/h1-5,15-16H,6-7H2,(H,17,18). The van der Waals surface area contributed by atoms with Crippen molar-refractivity contribution >= 4 is 28.9 Å². The molecule has 3 rings (SSSR count). The molecule has 3 N–H and O–H groups in total. The van der Waals surface area contributed by atoms with E-state index in [1.165, 1.54) is 0 Å². The summed E-state index contributed by atoms with van der Waals surface area (Å²) < 4.78 is 5.35. The Kier molecular flexibility index (Phi) is 3.05. The molecule has 0 spiro atoms. The number of hydrogen-bond donors (Lipinski definition) is 3. The maximum atomic E-state index is 11.2. The molecule has 1 aromatic heterocycles. The molecule has 1 aromatic carbocycles. The fraction of sp³-hybridized carbons (Fsp3) is 0.154. The molecule has 0 saturated carbocycles. The predicted octanol–water partition coefficient (Wildman–Crippen LogP) is 2.61. The molecule has 0 saturated heterocycles. The highest BCUT2D eigenvalue weighted by molar-refractivity contribution is 6.33. The van der Waals surface area contributed by atoms with Crippen LogP contribution in [0.3, 0.4) is 0 Å².